The van der Waals surface area contributed by atoms with Crippen LogP contribution in [-0.4, -0.2) is 36.8 Å². The zero-order valence-electron chi connectivity index (χ0n) is 16.6. The van der Waals surface area contributed by atoms with Crippen LogP contribution in [0.1, 0.15) is 0 Å². The van der Waals surface area contributed by atoms with E-state index in [1.165, 1.54) is 12.1 Å². The lowest BCUT2D eigenvalue weighted by Crippen LogP contribution is -2.64. The number of hydrogen-bond donors (Lipinski definition) is 4. The number of benzene rings is 4. The average molecular weight is 447 g/mol. The van der Waals surface area contributed by atoms with Gasteiger partial charge in [0.05, 0.1) is 0 Å². The molecule has 0 radical (unpaired) electrons. The van der Waals surface area contributed by atoms with E-state index in [1.54, 1.807) is 24.3 Å². The maximum Gasteiger partial charge on any atom is 0.524 e. The van der Waals surface area contributed by atoms with Crippen molar-refractivity contribution in [3.05, 3.63) is 109 Å². The van der Waals surface area contributed by atoms with E-state index >= 15 is 0 Å². The molecule has 0 saturated carbocycles. The second kappa shape index (κ2) is 8.69. The molecule has 0 heterocycles. The van der Waals surface area contributed by atoms with Gasteiger partial charge in [-0.1, -0.05) is 97.1 Å². The Morgan fingerprint density at radius 1 is 0.419 bits per heavy atom. The molecule has 4 N–H and O–H groups in total. The van der Waals surface area contributed by atoms with Crippen molar-refractivity contribution in [3.8, 4) is 22.3 Å². The lowest BCUT2D eigenvalue weighted by Gasteiger charge is -2.26. The highest BCUT2D eigenvalue weighted by Gasteiger charge is 2.48. The minimum Gasteiger partial charge on any atom is -0.387 e. The van der Waals surface area contributed by atoms with Gasteiger partial charge in [-0.3, -0.25) is 0 Å². The molecule has 0 aliphatic heterocycles. The van der Waals surface area contributed by atoms with Gasteiger partial charge in [-0.05, 0) is 34.4 Å². The molecule has 0 aliphatic carbocycles. The Balaban J connectivity index is 1.62. The first-order valence-electron chi connectivity index (χ1n) is 9.77. The highest BCUT2D eigenvalue weighted by Crippen LogP contribution is 2.20. The predicted octanol–water partition coefficient (Wildman–Crippen LogP) is 2.00. The fourth-order valence-electron chi connectivity index (χ4n) is 3.38. The Kier molecular flexibility index (Phi) is 5.99. The summed E-state index contributed by atoms with van der Waals surface area (Å²) in [5.74, 6) is 0. The summed E-state index contributed by atoms with van der Waals surface area (Å²) in [7, 11) is -9.19. The first-order valence-corrected chi connectivity index (χ1v) is 13.4. The van der Waals surface area contributed by atoms with Gasteiger partial charge >= 0.3 is 17.6 Å². The van der Waals surface area contributed by atoms with Gasteiger partial charge in [0.15, 0.2) is 0 Å². The van der Waals surface area contributed by atoms with Crippen LogP contribution in [0.2, 0.25) is 0 Å². The lowest BCUT2D eigenvalue weighted by molar-refractivity contribution is 0.179. The number of hydrogen-bond acceptors (Lipinski definition) is 5. The van der Waals surface area contributed by atoms with E-state index < -0.39 is 17.6 Å². The third-order valence-corrected chi connectivity index (χ3v) is 9.38. The van der Waals surface area contributed by atoms with E-state index in [0.29, 0.717) is 0 Å². The molecule has 0 unspecified atom stereocenters. The van der Waals surface area contributed by atoms with Crippen LogP contribution in [0.3, 0.4) is 0 Å². The molecule has 5 nitrogen and oxygen atoms in total. The topological polar surface area (TPSA) is 90.2 Å². The summed E-state index contributed by atoms with van der Waals surface area (Å²) in [6, 6.07) is 32.3. The molecule has 0 aliphatic rings. The van der Waals surface area contributed by atoms with Gasteiger partial charge in [0.1, 0.15) is 0 Å². The molecule has 156 valence electrons. The Bertz CT molecular complexity index is 1070. The summed E-state index contributed by atoms with van der Waals surface area (Å²) in [5, 5.41) is 0.265. The molecule has 4 rings (SSSR count). The van der Waals surface area contributed by atoms with Crippen molar-refractivity contribution in [1.29, 1.82) is 0 Å². The maximum absolute atomic E-state index is 10.7. The van der Waals surface area contributed by atoms with Gasteiger partial charge in [0, 0.05) is 10.4 Å². The Morgan fingerprint density at radius 2 is 0.774 bits per heavy atom. The van der Waals surface area contributed by atoms with Crippen molar-refractivity contribution < 1.29 is 23.3 Å². The van der Waals surface area contributed by atoms with E-state index in [4.69, 9.17) is 4.12 Å². The molecular formula is C24H22O5Si2. The molecule has 0 aromatic heterocycles. The molecular weight excluding hydrogens is 424 g/mol. The fraction of sp³-hybridized carbons (Fsp3) is 0. The highest BCUT2D eigenvalue weighted by molar-refractivity contribution is 6.85. The SMILES string of the molecule is O[Si](O)(O[Si](O)(O)c1cccc(-c2ccccc2)c1)c1cccc(-c2ccccc2)c1. The Morgan fingerprint density at radius 3 is 1.16 bits per heavy atom. The van der Waals surface area contributed by atoms with Crippen LogP contribution in [0.5, 0.6) is 0 Å². The largest absolute Gasteiger partial charge is 0.524 e. The van der Waals surface area contributed by atoms with E-state index in [2.05, 4.69) is 0 Å². The maximum atomic E-state index is 10.7. The molecule has 0 fully saturated rings. The van der Waals surface area contributed by atoms with Crippen LogP contribution >= 0.6 is 0 Å². The molecule has 0 spiro atoms. The van der Waals surface area contributed by atoms with Crippen molar-refractivity contribution in [1.82, 2.24) is 0 Å². The van der Waals surface area contributed by atoms with Crippen LogP contribution in [0.15, 0.2) is 109 Å². The lowest BCUT2D eigenvalue weighted by atomic mass is 10.1. The second-order valence-electron chi connectivity index (χ2n) is 7.21. The monoisotopic (exact) mass is 446 g/mol. The molecule has 4 aromatic carbocycles. The van der Waals surface area contributed by atoms with Crippen molar-refractivity contribution in [2.75, 3.05) is 0 Å². The third-order valence-electron chi connectivity index (χ3n) is 4.98. The minimum absolute atomic E-state index is 0.132. The van der Waals surface area contributed by atoms with Gasteiger partial charge in [-0.15, -0.1) is 0 Å². The fourth-order valence-corrected chi connectivity index (χ4v) is 7.22. The Hall–Kier alpha value is -2.89. The first-order chi connectivity index (χ1) is 14.9. The summed E-state index contributed by atoms with van der Waals surface area (Å²) in [6.07, 6.45) is 0. The second-order valence-corrected chi connectivity index (χ2v) is 11.6. The van der Waals surface area contributed by atoms with Crippen LogP contribution in [0, 0.1) is 0 Å². The van der Waals surface area contributed by atoms with E-state index in [9.17, 15) is 19.2 Å². The van der Waals surface area contributed by atoms with E-state index in [-0.39, 0.29) is 10.4 Å². The minimum atomic E-state index is -4.60. The highest BCUT2D eigenvalue weighted by atomic mass is 28.5. The molecule has 31 heavy (non-hydrogen) atoms. The van der Waals surface area contributed by atoms with Crippen LogP contribution in [0.4, 0.5) is 0 Å². The summed E-state index contributed by atoms with van der Waals surface area (Å²) < 4.78 is 5.28. The summed E-state index contributed by atoms with van der Waals surface area (Å²) in [4.78, 5) is 42.9. The van der Waals surface area contributed by atoms with Crippen molar-refractivity contribution in [3.63, 3.8) is 0 Å². The van der Waals surface area contributed by atoms with Gasteiger partial charge in [-0.2, -0.15) is 0 Å². The molecule has 4 aromatic rings. The van der Waals surface area contributed by atoms with Crippen molar-refractivity contribution >= 4 is 28.0 Å². The first kappa shape index (κ1) is 21.3. The van der Waals surface area contributed by atoms with Crippen LogP contribution < -0.4 is 10.4 Å². The summed E-state index contributed by atoms with van der Waals surface area (Å²) >= 11 is 0. The molecule has 0 atom stereocenters. The van der Waals surface area contributed by atoms with Gasteiger partial charge in [-0.25, -0.2) is 0 Å². The third kappa shape index (κ3) is 4.89. The van der Waals surface area contributed by atoms with Crippen LogP contribution in [-0.2, 0) is 4.12 Å². The molecule has 7 heteroatoms. The quantitative estimate of drug-likeness (QED) is 0.340. The van der Waals surface area contributed by atoms with Gasteiger partial charge in [0.2, 0.25) is 0 Å². The molecule has 0 bridgehead atoms. The summed E-state index contributed by atoms with van der Waals surface area (Å²) in [5.41, 5.74) is 3.36. The Labute approximate surface area is 182 Å². The van der Waals surface area contributed by atoms with E-state index in [0.717, 1.165) is 22.3 Å². The van der Waals surface area contributed by atoms with Gasteiger partial charge in [0.25, 0.3) is 0 Å². The number of rotatable bonds is 6. The van der Waals surface area contributed by atoms with Crippen LogP contribution in [0.25, 0.3) is 22.3 Å². The normalized spacial score (nSPS) is 12.0. The molecule has 0 saturated heterocycles. The van der Waals surface area contributed by atoms with E-state index in [1.807, 2.05) is 72.8 Å². The predicted molar refractivity (Wildman–Crippen MR) is 124 cm³/mol. The van der Waals surface area contributed by atoms with Crippen molar-refractivity contribution in [2.24, 2.45) is 0 Å². The van der Waals surface area contributed by atoms with Crippen molar-refractivity contribution in [2.45, 2.75) is 0 Å². The molecule has 0 amide bonds. The zero-order chi connectivity index (χ0) is 21.9. The summed E-state index contributed by atoms with van der Waals surface area (Å²) in [6.45, 7) is 0. The smallest absolute Gasteiger partial charge is 0.387 e. The standard InChI is InChI=1S/C24H22O5Si2/c25-30(26,23-15-7-13-21(17-23)19-9-3-1-4-10-19)29-31(27,28)24-16-8-14-22(18-24)20-11-5-2-6-12-20/h1-18,25-28H. The van der Waals surface area contributed by atoms with Gasteiger partial charge < -0.3 is 23.3 Å². The average Bonchev–Trinajstić information content (AvgIpc) is 2.80. The zero-order valence-corrected chi connectivity index (χ0v) is 18.6.